The van der Waals surface area contributed by atoms with Crippen molar-refractivity contribution >= 4 is 13.8 Å². The summed E-state index contributed by atoms with van der Waals surface area (Å²) in [5, 5.41) is 0. The maximum absolute atomic E-state index is 12.5. The summed E-state index contributed by atoms with van der Waals surface area (Å²) in [4.78, 5) is 22.4. The van der Waals surface area contributed by atoms with Crippen molar-refractivity contribution in [1.82, 2.24) is 0 Å². The summed E-state index contributed by atoms with van der Waals surface area (Å²) in [5.41, 5.74) is 5.35. The van der Waals surface area contributed by atoms with Crippen LogP contribution in [0.15, 0.2) is 48.6 Å². The van der Waals surface area contributed by atoms with E-state index in [4.69, 9.17) is 24.3 Å². The van der Waals surface area contributed by atoms with Crippen molar-refractivity contribution in [2.45, 2.75) is 168 Å². The second-order valence-corrected chi connectivity index (χ2v) is 14.2. The SMILES string of the molecule is CC/C=C\C/C=C\C/C=C\C/C=C\CCCCCCCCCCC(=O)OC(COCCCCCCCCCCC)COP(=O)(O)OCCN. The molecule has 0 aromatic rings. The Bertz CT molecular complexity index is 890. The maximum Gasteiger partial charge on any atom is 0.472 e. The molecule has 286 valence electrons. The van der Waals surface area contributed by atoms with Crippen LogP contribution in [0.5, 0.6) is 0 Å². The molecule has 0 heterocycles. The molecule has 0 bridgehead atoms. The Morgan fingerprint density at radius 2 is 1.14 bits per heavy atom. The molecule has 0 amide bonds. The van der Waals surface area contributed by atoms with Gasteiger partial charge in [0.25, 0.3) is 0 Å². The fourth-order valence-electron chi connectivity index (χ4n) is 5.16. The number of esters is 1. The highest BCUT2D eigenvalue weighted by Gasteiger charge is 2.25. The summed E-state index contributed by atoms with van der Waals surface area (Å²) in [6, 6.07) is 0. The molecule has 0 aromatic carbocycles. The zero-order chi connectivity index (χ0) is 35.9. The van der Waals surface area contributed by atoms with Gasteiger partial charge in [0, 0.05) is 19.6 Å². The first-order chi connectivity index (χ1) is 23.9. The van der Waals surface area contributed by atoms with Crippen LogP contribution in [0.25, 0.3) is 0 Å². The van der Waals surface area contributed by atoms with E-state index in [9.17, 15) is 14.3 Å². The molecule has 2 atom stereocenters. The Morgan fingerprint density at radius 3 is 1.71 bits per heavy atom. The number of carbonyl (C=O) groups is 1. The second-order valence-electron chi connectivity index (χ2n) is 12.8. The molecule has 0 rings (SSSR count). The Hall–Kier alpha value is -1.54. The van der Waals surface area contributed by atoms with Gasteiger partial charge in [0.15, 0.2) is 0 Å². The summed E-state index contributed by atoms with van der Waals surface area (Å²) in [7, 11) is -4.27. The van der Waals surface area contributed by atoms with Gasteiger partial charge in [-0.3, -0.25) is 13.8 Å². The van der Waals surface area contributed by atoms with Crippen molar-refractivity contribution in [3.05, 3.63) is 48.6 Å². The van der Waals surface area contributed by atoms with Gasteiger partial charge in [-0.1, -0.05) is 152 Å². The van der Waals surface area contributed by atoms with E-state index in [2.05, 4.69) is 62.5 Å². The molecule has 49 heavy (non-hydrogen) atoms. The minimum Gasteiger partial charge on any atom is -0.457 e. The smallest absolute Gasteiger partial charge is 0.457 e. The topological polar surface area (TPSA) is 117 Å². The lowest BCUT2D eigenvalue weighted by Crippen LogP contribution is -2.28. The number of hydrogen-bond donors (Lipinski definition) is 2. The summed E-state index contributed by atoms with van der Waals surface area (Å²) < 4.78 is 33.2. The van der Waals surface area contributed by atoms with Crippen molar-refractivity contribution in [3.8, 4) is 0 Å². The molecular formula is C40H74NO7P. The molecule has 3 N–H and O–H groups in total. The lowest BCUT2D eigenvalue weighted by Gasteiger charge is -2.20. The van der Waals surface area contributed by atoms with Crippen molar-refractivity contribution in [3.63, 3.8) is 0 Å². The van der Waals surface area contributed by atoms with Crippen molar-refractivity contribution in [2.24, 2.45) is 5.73 Å². The van der Waals surface area contributed by atoms with Gasteiger partial charge in [-0.25, -0.2) is 4.57 Å². The van der Waals surface area contributed by atoms with Gasteiger partial charge in [-0.15, -0.1) is 0 Å². The van der Waals surface area contributed by atoms with Gasteiger partial charge < -0.3 is 20.1 Å². The quantitative estimate of drug-likeness (QED) is 0.0283. The fourth-order valence-corrected chi connectivity index (χ4v) is 5.93. The molecule has 0 aliphatic carbocycles. The predicted octanol–water partition coefficient (Wildman–Crippen LogP) is 11.2. The Kier molecular flexibility index (Phi) is 36.5. The van der Waals surface area contributed by atoms with Gasteiger partial charge >= 0.3 is 13.8 Å². The molecule has 0 fully saturated rings. The van der Waals surface area contributed by atoms with E-state index in [1.54, 1.807) is 0 Å². The number of carbonyl (C=O) groups excluding carboxylic acids is 1. The van der Waals surface area contributed by atoms with Crippen LogP contribution in [0.2, 0.25) is 0 Å². The van der Waals surface area contributed by atoms with Crippen LogP contribution in [0.1, 0.15) is 162 Å². The number of phosphoric ester groups is 1. The average Bonchev–Trinajstić information content (AvgIpc) is 3.09. The van der Waals surface area contributed by atoms with E-state index in [-0.39, 0.29) is 32.3 Å². The lowest BCUT2D eigenvalue weighted by molar-refractivity contribution is -0.154. The second kappa shape index (κ2) is 37.7. The van der Waals surface area contributed by atoms with Gasteiger partial charge in [0.05, 0.1) is 19.8 Å². The van der Waals surface area contributed by atoms with Crippen LogP contribution in [0.3, 0.4) is 0 Å². The fraction of sp³-hybridized carbons (Fsp3) is 0.775. The monoisotopic (exact) mass is 712 g/mol. The summed E-state index contributed by atoms with van der Waals surface area (Å²) >= 11 is 0. The van der Waals surface area contributed by atoms with Crippen LogP contribution < -0.4 is 5.73 Å². The van der Waals surface area contributed by atoms with E-state index in [1.807, 2.05) is 0 Å². The Morgan fingerprint density at radius 1 is 0.633 bits per heavy atom. The average molecular weight is 712 g/mol. The van der Waals surface area contributed by atoms with Crippen LogP contribution in [0, 0.1) is 0 Å². The number of ether oxygens (including phenoxy) is 2. The number of hydrogen-bond acceptors (Lipinski definition) is 7. The molecule has 0 aliphatic heterocycles. The van der Waals surface area contributed by atoms with Crippen LogP contribution in [-0.2, 0) is 27.9 Å². The van der Waals surface area contributed by atoms with Gasteiger partial charge in [-0.2, -0.15) is 0 Å². The molecule has 0 saturated heterocycles. The Labute approximate surface area is 301 Å². The molecule has 2 unspecified atom stereocenters. The number of nitrogens with two attached hydrogens (primary N) is 1. The molecule has 0 aliphatic rings. The van der Waals surface area contributed by atoms with E-state index >= 15 is 0 Å². The normalized spacial score (nSPS) is 14.1. The lowest BCUT2D eigenvalue weighted by atomic mass is 10.1. The van der Waals surface area contributed by atoms with E-state index in [1.165, 1.54) is 77.0 Å². The highest BCUT2D eigenvalue weighted by Crippen LogP contribution is 2.43. The maximum atomic E-state index is 12.5. The van der Waals surface area contributed by atoms with E-state index < -0.39 is 13.9 Å². The van der Waals surface area contributed by atoms with E-state index in [0.717, 1.165) is 64.2 Å². The van der Waals surface area contributed by atoms with Crippen LogP contribution in [-0.4, -0.2) is 49.9 Å². The minimum atomic E-state index is -4.27. The molecule has 0 aromatic heterocycles. The predicted molar refractivity (Wildman–Crippen MR) is 206 cm³/mol. The Balaban J connectivity index is 4.02. The number of allylic oxidation sites excluding steroid dienone is 8. The van der Waals surface area contributed by atoms with Crippen LogP contribution >= 0.6 is 7.82 Å². The largest absolute Gasteiger partial charge is 0.472 e. The van der Waals surface area contributed by atoms with Crippen molar-refractivity contribution in [1.29, 1.82) is 0 Å². The standard InChI is InChI=1S/C40H74NO7P/c1-3-5-7-9-11-13-14-15-16-17-18-19-20-21-22-23-24-25-27-29-31-33-40(42)48-39(38-47-49(43,44)46-36-34-41)37-45-35-32-30-28-26-12-10-8-6-4-2/h5,7,11,13,15-16,18-19,39H,3-4,6,8-10,12,14,17,20-38,41H2,1-2H3,(H,43,44)/b7-5-,13-11-,16-15-,19-18-. The van der Waals surface area contributed by atoms with Gasteiger partial charge in [0.1, 0.15) is 6.10 Å². The zero-order valence-corrected chi connectivity index (χ0v) is 32.3. The first kappa shape index (κ1) is 47.5. The minimum absolute atomic E-state index is 0.0978. The highest BCUT2D eigenvalue weighted by atomic mass is 31.2. The van der Waals surface area contributed by atoms with E-state index in [0.29, 0.717) is 13.0 Å². The third-order valence-electron chi connectivity index (χ3n) is 8.01. The molecule has 0 saturated carbocycles. The summed E-state index contributed by atoms with van der Waals surface area (Å²) in [6.45, 7) is 4.78. The highest BCUT2D eigenvalue weighted by molar-refractivity contribution is 7.47. The summed E-state index contributed by atoms with van der Waals surface area (Å²) in [6.07, 6.45) is 42.7. The third kappa shape index (κ3) is 37.5. The zero-order valence-electron chi connectivity index (χ0n) is 31.4. The first-order valence-corrected chi connectivity index (χ1v) is 21.1. The van der Waals surface area contributed by atoms with Crippen LogP contribution in [0.4, 0.5) is 0 Å². The number of rotatable bonds is 37. The van der Waals surface area contributed by atoms with Gasteiger partial charge in [0.2, 0.25) is 0 Å². The molecule has 9 heteroatoms. The molecule has 0 spiro atoms. The van der Waals surface area contributed by atoms with Gasteiger partial charge in [-0.05, 0) is 51.4 Å². The molecule has 8 nitrogen and oxygen atoms in total. The van der Waals surface area contributed by atoms with Crippen molar-refractivity contribution < 1.29 is 32.8 Å². The molecular weight excluding hydrogens is 637 g/mol. The summed E-state index contributed by atoms with van der Waals surface area (Å²) in [5.74, 6) is -0.341. The third-order valence-corrected chi connectivity index (χ3v) is 8.99. The number of phosphoric acid groups is 1. The number of unbranched alkanes of at least 4 members (excludes halogenated alkanes) is 16. The molecule has 0 radical (unpaired) electrons. The van der Waals surface area contributed by atoms with Crippen molar-refractivity contribution in [2.75, 3.05) is 33.0 Å². The first-order valence-electron chi connectivity index (χ1n) is 19.6.